The second kappa shape index (κ2) is 15.9. The molecule has 2 aliphatic heterocycles. The lowest BCUT2D eigenvalue weighted by Crippen LogP contribution is -2.49. The number of nitrogens with one attached hydrogen (secondary N) is 1. The predicted molar refractivity (Wildman–Crippen MR) is 159 cm³/mol. The number of thiazole rings is 1. The van der Waals surface area contributed by atoms with E-state index in [-0.39, 0.29) is 19.7 Å². The number of nitrogens with zero attached hydrogens (tertiary/aromatic N) is 3. The number of piperazine rings is 1. The summed E-state index contributed by atoms with van der Waals surface area (Å²) in [6.45, 7) is 6.06. The average molecular weight is 579 g/mol. The van der Waals surface area contributed by atoms with Crippen LogP contribution in [-0.2, 0) is 4.79 Å². The maximum atomic E-state index is 11.4. The van der Waals surface area contributed by atoms with E-state index < -0.39 is 0 Å². The van der Waals surface area contributed by atoms with Gasteiger partial charge in [-0.15, -0.1) is 24.0 Å². The van der Waals surface area contributed by atoms with Gasteiger partial charge in [0, 0.05) is 79.4 Å². The van der Waals surface area contributed by atoms with Gasteiger partial charge in [-0.25, -0.2) is 4.98 Å². The molecule has 1 atom stereocenters. The molecule has 0 unspecified atom stereocenters. The molecule has 0 saturated carbocycles. The number of rotatable bonds is 2. The number of hydrogen-bond donors (Lipinski definition) is 3. The van der Waals surface area contributed by atoms with Gasteiger partial charge in [0.05, 0.1) is 0 Å². The number of anilines is 3. The van der Waals surface area contributed by atoms with Gasteiger partial charge in [-0.3, -0.25) is 4.79 Å². The summed E-state index contributed by atoms with van der Waals surface area (Å²) in [6.07, 6.45) is 3.34. The lowest BCUT2D eigenvalue weighted by Gasteiger charge is -2.36. The summed E-state index contributed by atoms with van der Waals surface area (Å²) in [6, 6.07) is 13.9. The zero-order valence-corrected chi connectivity index (χ0v) is 23.2. The third-order valence-corrected chi connectivity index (χ3v) is 6.71. The molecular weight excluding hydrogens is 541 g/mol. The zero-order valence-electron chi connectivity index (χ0n) is 20.0. The Balaban J connectivity index is 0. The fraction of sp³-hybridized carbons (Fsp3) is 0.333. The van der Waals surface area contributed by atoms with Crippen LogP contribution in [-0.4, -0.2) is 54.1 Å². The fourth-order valence-electron chi connectivity index (χ4n) is 3.72. The van der Waals surface area contributed by atoms with Crippen LogP contribution in [0.5, 0.6) is 0 Å². The molecule has 8 nitrogen and oxygen atoms in total. The standard InChI is InChI=1S/C11H14Cl2N2.C10H11NOS.C3H4N2S.2H2O.2H2/c1-8-7-14-2-3-15(8)11-5-9(12)4-10(13)6-11;12-10-2-1-7-11(10)8-3-5-9(13)6-4-8;4-3-5-1-2-6-3;;;;/h4-6,8,14H,2-3,7H2,1H3;3-6,13H,1-2,7H2;1-2H,(H2,4,5);2*1H2;2*1H/t8-;;;;;;/m0....../s1. The summed E-state index contributed by atoms with van der Waals surface area (Å²) < 4.78 is 0. The summed E-state index contributed by atoms with van der Waals surface area (Å²) in [5.74, 6) is 0.229. The average Bonchev–Trinajstić information content (AvgIpc) is 3.46. The number of thiol groups is 1. The summed E-state index contributed by atoms with van der Waals surface area (Å²) in [4.78, 5) is 20.2. The molecule has 3 heterocycles. The van der Waals surface area contributed by atoms with Crippen molar-refractivity contribution in [1.29, 1.82) is 0 Å². The number of amides is 1. The van der Waals surface area contributed by atoms with Crippen molar-refractivity contribution in [2.45, 2.75) is 30.7 Å². The molecule has 0 bridgehead atoms. The van der Waals surface area contributed by atoms with Gasteiger partial charge in [-0.2, -0.15) is 0 Å². The van der Waals surface area contributed by atoms with E-state index >= 15 is 0 Å². The Hall–Kier alpha value is -2.05. The second-order valence-corrected chi connectivity index (χ2v) is 10.2. The number of nitrogens with two attached hydrogens (primary N) is 1. The molecule has 2 fully saturated rings. The number of aromatic nitrogens is 1. The maximum absolute atomic E-state index is 11.4. The molecule has 7 N–H and O–H groups in total. The van der Waals surface area contributed by atoms with Crippen LogP contribution < -0.4 is 20.9 Å². The first-order valence-corrected chi connectivity index (χ1v) is 13.1. The summed E-state index contributed by atoms with van der Waals surface area (Å²) in [5.41, 5.74) is 7.28. The largest absolute Gasteiger partial charge is 0.412 e. The monoisotopic (exact) mass is 577 g/mol. The molecule has 1 aromatic heterocycles. The van der Waals surface area contributed by atoms with Crippen LogP contribution >= 0.6 is 47.2 Å². The van der Waals surface area contributed by atoms with Crippen LogP contribution in [0.2, 0.25) is 10.0 Å². The van der Waals surface area contributed by atoms with E-state index in [0.29, 0.717) is 27.6 Å². The molecule has 2 aliphatic rings. The first kappa shape index (κ1) is 32.0. The zero-order chi connectivity index (χ0) is 24.5. The van der Waals surface area contributed by atoms with Crippen molar-refractivity contribution < 1.29 is 18.6 Å². The van der Waals surface area contributed by atoms with Crippen LogP contribution in [0, 0.1) is 0 Å². The highest BCUT2D eigenvalue weighted by Gasteiger charge is 2.21. The second-order valence-electron chi connectivity index (χ2n) is 7.91. The Morgan fingerprint density at radius 2 is 1.78 bits per heavy atom. The molecule has 0 aliphatic carbocycles. The summed E-state index contributed by atoms with van der Waals surface area (Å²) >= 11 is 17.6. The van der Waals surface area contributed by atoms with Crippen molar-refractivity contribution in [3.05, 3.63) is 64.1 Å². The molecule has 36 heavy (non-hydrogen) atoms. The molecule has 1 amide bonds. The number of carbonyl (C=O) groups excluding carboxylic acids is 1. The first-order valence-electron chi connectivity index (χ1n) is 11.0. The minimum atomic E-state index is 0. The minimum Gasteiger partial charge on any atom is -0.412 e. The first-order chi connectivity index (χ1) is 16.3. The molecule has 5 rings (SSSR count). The van der Waals surface area contributed by atoms with Gasteiger partial charge in [0.2, 0.25) is 5.91 Å². The minimum absolute atomic E-state index is 0. The van der Waals surface area contributed by atoms with E-state index in [1.165, 1.54) is 11.3 Å². The molecule has 12 heteroatoms. The number of halogens is 2. The smallest absolute Gasteiger partial charge is 0.227 e. The third kappa shape index (κ3) is 9.78. The van der Waals surface area contributed by atoms with Crippen molar-refractivity contribution in [3.63, 3.8) is 0 Å². The highest BCUT2D eigenvalue weighted by atomic mass is 35.5. The van der Waals surface area contributed by atoms with Gasteiger partial charge in [0.25, 0.3) is 0 Å². The lowest BCUT2D eigenvalue weighted by atomic mass is 10.2. The normalized spacial score (nSPS) is 16.6. The topological polar surface area (TPSA) is 137 Å². The van der Waals surface area contributed by atoms with Gasteiger partial charge in [0.15, 0.2) is 5.13 Å². The van der Waals surface area contributed by atoms with Gasteiger partial charge >= 0.3 is 0 Å². The van der Waals surface area contributed by atoms with E-state index in [1.54, 1.807) is 12.3 Å². The maximum Gasteiger partial charge on any atom is 0.227 e. The lowest BCUT2D eigenvalue weighted by molar-refractivity contribution is -0.117. The number of nitrogen functional groups attached to an aromatic ring is 1. The van der Waals surface area contributed by atoms with Crippen LogP contribution in [0.4, 0.5) is 16.5 Å². The van der Waals surface area contributed by atoms with Crippen LogP contribution in [0.25, 0.3) is 0 Å². The Kier molecular flexibility index (Phi) is 14.2. The van der Waals surface area contributed by atoms with Gasteiger partial charge in [-0.1, -0.05) is 23.2 Å². The third-order valence-electron chi connectivity index (χ3n) is 5.37. The van der Waals surface area contributed by atoms with Crippen LogP contribution in [0.15, 0.2) is 58.9 Å². The van der Waals surface area contributed by atoms with Crippen molar-refractivity contribution in [2.75, 3.05) is 41.7 Å². The van der Waals surface area contributed by atoms with Crippen molar-refractivity contribution in [2.24, 2.45) is 0 Å². The predicted octanol–water partition coefficient (Wildman–Crippen LogP) is 4.46. The van der Waals surface area contributed by atoms with E-state index in [1.807, 2.05) is 46.7 Å². The molecule has 202 valence electrons. The van der Waals surface area contributed by atoms with Crippen molar-refractivity contribution >= 4 is 69.6 Å². The van der Waals surface area contributed by atoms with Gasteiger partial charge < -0.3 is 31.8 Å². The molecule has 0 spiro atoms. The van der Waals surface area contributed by atoms with Crippen molar-refractivity contribution in [3.8, 4) is 0 Å². The molecule has 0 radical (unpaired) electrons. The highest BCUT2D eigenvalue weighted by molar-refractivity contribution is 7.80. The Labute approximate surface area is 234 Å². The van der Waals surface area contributed by atoms with E-state index in [2.05, 4.69) is 34.8 Å². The molecule has 3 aromatic rings. The Bertz CT molecular complexity index is 1050. The SMILES string of the molecule is C[C@H]1CNCCN1c1cc(Cl)cc(Cl)c1.Nc1nccs1.O.O.O=C1CCCN1c1ccc(S)cc1.[HH].[HH]. The summed E-state index contributed by atoms with van der Waals surface area (Å²) in [5, 5.41) is 7.23. The fourth-order valence-corrected chi connectivity index (χ4v) is 4.76. The van der Waals surface area contributed by atoms with Crippen LogP contribution in [0.3, 0.4) is 0 Å². The number of benzene rings is 2. The molecular formula is C24H37Cl2N5O3S2. The number of carbonyl (C=O) groups is 1. The quantitative estimate of drug-likeness (QED) is 0.386. The molecule has 2 aromatic carbocycles. The van der Waals surface area contributed by atoms with Gasteiger partial charge in [0.1, 0.15) is 0 Å². The Morgan fingerprint density at radius 3 is 2.25 bits per heavy atom. The van der Waals surface area contributed by atoms with Crippen molar-refractivity contribution in [1.82, 2.24) is 10.3 Å². The highest BCUT2D eigenvalue weighted by Crippen LogP contribution is 2.27. The molecule has 2 saturated heterocycles. The van der Waals surface area contributed by atoms with E-state index in [4.69, 9.17) is 28.9 Å². The van der Waals surface area contributed by atoms with Gasteiger partial charge in [-0.05, 0) is 55.8 Å². The van der Waals surface area contributed by atoms with E-state index in [9.17, 15) is 4.79 Å². The Morgan fingerprint density at radius 1 is 1.11 bits per heavy atom. The summed E-state index contributed by atoms with van der Waals surface area (Å²) in [7, 11) is 0. The number of hydrogen-bond acceptors (Lipinski definition) is 7. The van der Waals surface area contributed by atoms with Crippen LogP contribution in [0.1, 0.15) is 22.6 Å². The van der Waals surface area contributed by atoms with E-state index in [0.717, 1.165) is 48.9 Å².